The van der Waals surface area contributed by atoms with E-state index in [2.05, 4.69) is 5.32 Å². The van der Waals surface area contributed by atoms with E-state index in [1.54, 1.807) is 21.1 Å². The summed E-state index contributed by atoms with van der Waals surface area (Å²) in [7, 11) is 3.27. The Kier molecular flexibility index (Phi) is 6.08. The van der Waals surface area contributed by atoms with E-state index in [0.29, 0.717) is 0 Å². The first-order valence-corrected chi connectivity index (χ1v) is 6.73. The van der Waals surface area contributed by atoms with Gasteiger partial charge in [0, 0.05) is 20.7 Å². The van der Waals surface area contributed by atoms with Crippen molar-refractivity contribution in [3.05, 3.63) is 0 Å². The fourth-order valence-corrected chi connectivity index (χ4v) is 2.38. The molecular formula is C13H24N2O4. The van der Waals surface area contributed by atoms with Crippen molar-refractivity contribution in [3.8, 4) is 0 Å². The molecule has 0 aromatic rings. The molecule has 1 rings (SSSR count). The number of carbonyl (C=O) groups excluding carboxylic acids is 1. The van der Waals surface area contributed by atoms with Gasteiger partial charge in [0.15, 0.2) is 0 Å². The molecule has 6 heteroatoms. The second-order valence-corrected chi connectivity index (χ2v) is 5.23. The summed E-state index contributed by atoms with van der Waals surface area (Å²) in [5.41, 5.74) is 0. The summed E-state index contributed by atoms with van der Waals surface area (Å²) < 4.78 is 5.38. The van der Waals surface area contributed by atoms with Gasteiger partial charge in [-0.05, 0) is 12.8 Å². The van der Waals surface area contributed by atoms with Crippen LogP contribution in [0.4, 0.5) is 4.79 Å². The van der Waals surface area contributed by atoms with Crippen molar-refractivity contribution < 1.29 is 19.4 Å². The Bertz CT molecular complexity index is 322. The standard InChI is InChI=1S/C13H24N2O4/c1-9(12(16)17)8-15(2)13(18)14-10-6-4-5-7-11(10)19-3/h9-11H,4-8H2,1-3H3,(H,14,18)(H,16,17)/t9?,10-,11-/m0/s1. The number of carboxylic acid groups (broad SMARTS) is 1. The van der Waals surface area contributed by atoms with E-state index in [-0.39, 0.29) is 24.7 Å². The zero-order valence-corrected chi connectivity index (χ0v) is 11.9. The van der Waals surface area contributed by atoms with Crippen LogP contribution in [-0.4, -0.2) is 54.9 Å². The minimum absolute atomic E-state index is 0.0221. The van der Waals surface area contributed by atoms with Crippen LogP contribution in [0.3, 0.4) is 0 Å². The minimum atomic E-state index is -0.896. The fourth-order valence-electron chi connectivity index (χ4n) is 2.38. The number of hydrogen-bond donors (Lipinski definition) is 2. The highest BCUT2D eigenvalue weighted by Gasteiger charge is 2.27. The molecular weight excluding hydrogens is 248 g/mol. The largest absolute Gasteiger partial charge is 0.481 e. The lowest BCUT2D eigenvalue weighted by atomic mass is 9.92. The number of aliphatic carboxylic acids is 1. The molecule has 19 heavy (non-hydrogen) atoms. The molecule has 0 radical (unpaired) electrons. The van der Waals surface area contributed by atoms with Gasteiger partial charge in [0.25, 0.3) is 0 Å². The van der Waals surface area contributed by atoms with E-state index < -0.39 is 11.9 Å². The van der Waals surface area contributed by atoms with E-state index in [9.17, 15) is 9.59 Å². The second kappa shape index (κ2) is 7.33. The summed E-state index contributed by atoms with van der Waals surface area (Å²) in [6.07, 6.45) is 4.13. The van der Waals surface area contributed by atoms with Gasteiger partial charge in [-0.1, -0.05) is 19.8 Å². The highest BCUT2D eigenvalue weighted by molar-refractivity contribution is 5.76. The van der Waals surface area contributed by atoms with Crippen LogP contribution < -0.4 is 5.32 Å². The van der Waals surface area contributed by atoms with Gasteiger partial charge in [0.2, 0.25) is 0 Å². The van der Waals surface area contributed by atoms with Crippen molar-refractivity contribution in [2.45, 2.75) is 44.8 Å². The maximum atomic E-state index is 12.0. The van der Waals surface area contributed by atoms with Crippen LogP contribution in [0, 0.1) is 5.92 Å². The SMILES string of the molecule is CO[C@H]1CCCC[C@@H]1NC(=O)N(C)CC(C)C(=O)O. The van der Waals surface area contributed by atoms with Crippen molar-refractivity contribution in [1.29, 1.82) is 0 Å². The van der Waals surface area contributed by atoms with Crippen LogP contribution in [0.5, 0.6) is 0 Å². The average Bonchev–Trinajstić information content (AvgIpc) is 2.38. The second-order valence-electron chi connectivity index (χ2n) is 5.23. The van der Waals surface area contributed by atoms with Crippen LogP contribution in [0.1, 0.15) is 32.6 Å². The topological polar surface area (TPSA) is 78.9 Å². The van der Waals surface area contributed by atoms with Crippen molar-refractivity contribution in [2.24, 2.45) is 5.92 Å². The van der Waals surface area contributed by atoms with Crippen molar-refractivity contribution in [3.63, 3.8) is 0 Å². The minimum Gasteiger partial charge on any atom is -0.481 e. The molecule has 1 saturated carbocycles. The number of methoxy groups -OCH3 is 1. The van der Waals surface area contributed by atoms with Gasteiger partial charge in [-0.25, -0.2) is 4.79 Å². The molecule has 0 aromatic heterocycles. The number of rotatable bonds is 5. The van der Waals surface area contributed by atoms with Gasteiger partial charge in [-0.2, -0.15) is 0 Å². The number of hydrogen-bond acceptors (Lipinski definition) is 3. The Morgan fingerprint density at radius 1 is 1.42 bits per heavy atom. The normalized spacial score (nSPS) is 24.6. The predicted octanol–water partition coefficient (Wildman–Crippen LogP) is 1.31. The van der Waals surface area contributed by atoms with Gasteiger partial charge in [0.1, 0.15) is 0 Å². The number of ether oxygens (including phenoxy) is 1. The summed E-state index contributed by atoms with van der Waals surface area (Å²) in [6, 6.07) is -0.212. The molecule has 0 bridgehead atoms. The zero-order chi connectivity index (χ0) is 14.4. The molecule has 110 valence electrons. The van der Waals surface area contributed by atoms with E-state index in [1.807, 2.05) is 0 Å². The van der Waals surface area contributed by atoms with Crippen LogP contribution in [-0.2, 0) is 9.53 Å². The third-order valence-electron chi connectivity index (χ3n) is 3.63. The molecule has 6 nitrogen and oxygen atoms in total. The van der Waals surface area contributed by atoms with Gasteiger partial charge >= 0.3 is 12.0 Å². The lowest BCUT2D eigenvalue weighted by molar-refractivity contribution is -0.141. The molecule has 1 aliphatic carbocycles. The molecule has 0 aromatic carbocycles. The molecule has 2 amide bonds. The summed E-state index contributed by atoms with van der Waals surface area (Å²) in [6.45, 7) is 1.79. The molecule has 3 atom stereocenters. The smallest absolute Gasteiger partial charge is 0.317 e. The predicted molar refractivity (Wildman–Crippen MR) is 71.0 cm³/mol. The zero-order valence-electron chi connectivity index (χ0n) is 11.9. The monoisotopic (exact) mass is 272 g/mol. The molecule has 0 heterocycles. The molecule has 0 saturated heterocycles. The van der Waals surface area contributed by atoms with Gasteiger partial charge < -0.3 is 20.1 Å². The Morgan fingerprint density at radius 2 is 2.05 bits per heavy atom. The molecule has 1 unspecified atom stereocenters. The van der Waals surface area contributed by atoms with Crippen LogP contribution in [0.25, 0.3) is 0 Å². The van der Waals surface area contributed by atoms with Crippen LogP contribution >= 0.6 is 0 Å². The number of carbonyl (C=O) groups is 2. The maximum Gasteiger partial charge on any atom is 0.317 e. The number of nitrogens with zero attached hydrogens (tertiary/aromatic N) is 1. The van der Waals surface area contributed by atoms with E-state index in [0.717, 1.165) is 25.7 Å². The third kappa shape index (κ3) is 4.70. The van der Waals surface area contributed by atoms with Crippen LogP contribution in [0.15, 0.2) is 0 Å². The summed E-state index contributed by atoms with van der Waals surface area (Å²) in [5, 5.41) is 11.8. The van der Waals surface area contributed by atoms with Crippen LogP contribution in [0.2, 0.25) is 0 Å². The quantitative estimate of drug-likeness (QED) is 0.791. The number of urea groups is 1. The molecule has 0 spiro atoms. The first-order chi connectivity index (χ1) is 8.95. The van der Waals surface area contributed by atoms with Gasteiger partial charge in [-0.15, -0.1) is 0 Å². The van der Waals surface area contributed by atoms with Crippen molar-refractivity contribution in [2.75, 3.05) is 20.7 Å². The molecule has 0 aliphatic heterocycles. The lowest BCUT2D eigenvalue weighted by Crippen LogP contribution is -2.50. The maximum absolute atomic E-state index is 12.0. The third-order valence-corrected chi connectivity index (χ3v) is 3.63. The van der Waals surface area contributed by atoms with Crippen molar-refractivity contribution >= 4 is 12.0 Å². The Hall–Kier alpha value is -1.30. The molecule has 2 N–H and O–H groups in total. The highest BCUT2D eigenvalue weighted by Crippen LogP contribution is 2.20. The number of nitrogens with one attached hydrogen (secondary N) is 1. The summed E-state index contributed by atoms with van der Waals surface area (Å²) in [4.78, 5) is 24.2. The molecule has 1 fully saturated rings. The van der Waals surface area contributed by atoms with E-state index >= 15 is 0 Å². The number of amides is 2. The Morgan fingerprint density at radius 3 is 2.63 bits per heavy atom. The lowest BCUT2D eigenvalue weighted by Gasteiger charge is -2.32. The highest BCUT2D eigenvalue weighted by atomic mass is 16.5. The first-order valence-electron chi connectivity index (χ1n) is 6.73. The van der Waals surface area contributed by atoms with Gasteiger partial charge in [0.05, 0.1) is 18.1 Å². The Balaban J connectivity index is 2.46. The van der Waals surface area contributed by atoms with Crippen molar-refractivity contribution in [1.82, 2.24) is 10.2 Å². The average molecular weight is 272 g/mol. The molecule has 1 aliphatic rings. The van der Waals surface area contributed by atoms with E-state index in [1.165, 1.54) is 4.90 Å². The fraction of sp³-hybridized carbons (Fsp3) is 0.846. The Labute approximate surface area is 114 Å². The summed E-state index contributed by atoms with van der Waals surface area (Å²) in [5.74, 6) is -1.47. The summed E-state index contributed by atoms with van der Waals surface area (Å²) >= 11 is 0. The number of carboxylic acids is 1. The van der Waals surface area contributed by atoms with Gasteiger partial charge in [-0.3, -0.25) is 4.79 Å². The first kappa shape index (κ1) is 15.8. The van der Waals surface area contributed by atoms with E-state index in [4.69, 9.17) is 9.84 Å².